The van der Waals surface area contributed by atoms with E-state index in [0.717, 1.165) is 9.80 Å². The zero-order chi connectivity index (χ0) is 23.4. The number of phosphoric acid groups is 2. The number of hydrogen-bond donors (Lipinski definition) is 8. The summed E-state index contributed by atoms with van der Waals surface area (Å²) in [6.07, 6.45) is 0. The number of nitrogens with zero attached hydrogens (tertiary/aromatic N) is 2. The quantitative estimate of drug-likeness (QED) is 0.0909. The second-order valence-electron chi connectivity index (χ2n) is 5.06. The van der Waals surface area contributed by atoms with Gasteiger partial charge in [-0.25, -0.2) is 9.13 Å². The second kappa shape index (κ2) is 15.8. The predicted octanol–water partition coefficient (Wildman–Crippen LogP) is -3.53. The zero-order valence-corrected chi connectivity index (χ0v) is 16.3. The molecule has 8 N–H and O–H groups in total. The van der Waals surface area contributed by atoms with E-state index in [1.165, 1.54) is 0 Å². The standard InChI is InChI=1S/C10H16N2O8.Na.H4O7P2.H/c13-7(14)3-11(4-8(15)16)1-2-12(5-9(17)18)6-10(19)20;;1-8(2,3)7-9(4,5)6;/h1-6H2,(H,13,14)(H,15,16)(H,17,18)(H,19,20);;(H2,1,2,3)(H2,4,5,6);. The Kier molecular flexibility index (Phi) is 17.7. The Labute approximate surface area is 190 Å². The van der Waals surface area contributed by atoms with Crippen LogP contribution in [0.5, 0.6) is 0 Å². The van der Waals surface area contributed by atoms with E-state index < -0.39 is 65.7 Å². The van der Waals surface area contributed by atoms with Crippen molar-refractivity contribution in [3.63, 3.8) is 0 Å². The molecule has 0 aromatic carbocycles. The molecule has 0 aromatic heterocycles. The van der Waals surface area contributed by atoms with Gasteiger partial charge in [0.05, 0.1) is 26.2 Å². The molecule has 0 atom stereocenters. The molecule has 0 bridgehead atoms. The maximum atomic E-state index is 10.6. The fourth-order valence-corrected chi connectivity index (χ4v) is 2.72. The molecule has 17 nitrogen and oxygen atoms in total. The van der Waals surface area contributed by atoms with Crippen LogP contribution in [-0.4, -0.2) is 143 Å². The third-order valence-electron chi connectivity index (χ3n) is 2.38. The first-order valence-corrected chi connectivity index (χ1v) is 10.1. The molecule has 0 aliphatic heterocycles. The SMILES string of the molecule is O=C(O)CN(CCN(CC(=O)O)CC(=O)O)CC(=O)O.O=P(O)(O)OP(=O)(O)O.[NaH]. The summed E-state index contributed by atoms with van der Waals surface area (Å²) in [6, 6.07) is 0. The van der Waals surface area contributed by atoms with E-state index in [2.05, 4.69) is 4.31 Å². The third kappa shape index (κ3) is 27.1. The van der Waals surface area contributed by atoms with E-state index >= 15 is 0 Å². The Bertz CT molecular complexity index is 588. The van der Waals surface area contributed by atoms with Gasteiger partial charge in [0, 0.05) is 13.1 Å². The van der Waals surface area contributed by atoms with E-state index in [-0.39, 0.29) is 42.6 Å². The second-order valence-corrected chi connectivity index (χ2v) is 7.67. The van der Waals surface area contributed by atoms with E-state index in [0.29, 0.717) is 0 Å². The van der Waals surface area contributed by atoms with Gasteiger partial charge in [0.25, 0.3) is 0 Å². The number of aliphatic carboxylic acids is 4. The van der Waals surface area contributed by atoms with Gasteiger partial charge in [-0.05, 0) is 0 Å². The van der Waals surface area contributed by atoms with Crippen LogP contribution in [0.2, 0.25) is 0 Å². The fourth-order valence-electron chi connectivity index (χ4n) is 1.61. The van der Waals surface area contributed by atoms with Gasteiger partial charge >= 0.3 is 69.1 Å². The molecule has 0 fully saturated rings. The van der Waals surface area contributed by atoms with Gasteiger partial charge in [-0.3, -0.25) is 29.0 Å². The average Bonchev–Trinajstić information content (AvgIpc) is 2.38. The molecule has 0 amide bonds. The van der Waals surface area contributed by atoms with E-state index in [9.17, 15) is 28.3 Å². The van der Waals surface area contributed by atoms with Crippen LogP contribution in [0.1, 0.15) is 0 Å². The number of carboxylic acids is 4. The van der Waals surface area contributed by atoms with Crippen molar-refractivity contribution >= 4 is 69.1 Å². The van der Waals surface area contributed by atoms with Crippen molar-refractivity contribution in [3.8, 4) is 0 Å². The van der Waals surface area contributed by atoms with Crippen LogP contribution >= 0.6 is 15.6 Å². The topological polar surface area (TPSA) is 280 Å². The predicted molar refractivity (Wildman–Crippen MR) is 95.7 cm³/mol. The molecule has 20 heteroatoms. The van der Waals surface area contributed by atoms with Crippen LogP contribution in [0, 0.1) is 0 Å². The summed E-state index contributed by atoms with van der Waals surface area (Å²) in [6.45, 7) is -2.25. The van der Waals surface area contributed by atoms with E-state index in [4.69, 9.17) is 40.0 Å². The summed E-state index contributed by atoms with van der Waals surface area (Å²) in [5.74, 6) is -4.91. The van der Waals surface area contributed by atoms with Crippen molar-refractivity contribution in [1.29, 1.82) is 0 Å². The number of hydrogen-bond acceptors (Lipinski definition) is 9. The van der Waals surface area contributed by atoms with Gasteiger partial charge < -0.3 is 40.0 Å². The van der Waals surface area contributed by atoms with Crippen LogP contribution in [0.4, 0.5) is 0 Å². The Morgan fingerprint density at radius 3 is 0.900 bits per heavy atom. The number of carbonyl (C=O) groups is 4. The van der Waals surface area contributed by atoms with Crippen molar-refractivity contribution < 1.29 is 72.6 Å². The van der Waals surface area contributed by atoms with Crippen LogP contribution in [0.15, 0.2) is 0 Å². The molecule has 172 valence electrons. The average molecular weight is 494 g/mol. The molecule has 0 heterocycles. The summed E-state index contributed by atoms with van der Waals surface area (Å²) in [7, 11) is -10.1. The molecule has 0 saturated carbocycles. The van der Waals surface area contributed by atoms with Gasteiger partial charge in [-0.15, -0.1) is 0 Å². The molecule has 0 saturated heterocycles. The van der Waals surface area contributed by atoms with Crippen molar-refractivity contribution in [2.75, 3.05) is 39.3 Å². The summed E-state index contributed by atoms with van der Waals surface area (Å²) in [4.78, 5) is 75.4. The summed E-state index contributed by atoms with van der Waals surface area (Å²) in [5, 5.41) is 34.5. The Balaban J connectivity index is -0.000000616. The molecule has 0 spiro atoms. The maximum absolute atomic E-state index is 10.6. The van der Waals surface area contributed by atoms with Crippen molar-refractivity contribution in [1.82, 2.24) is 9.80 Å². The van der Waals surface area contributed by atoms with Crippen LogP contribution in [-0.2, 0) is 32.6 Å². The van der Waals surface area contributed by atoms with Gasteiger partial charge in [0.1, 0.15) is 0 Å². The molecular weight excluding hydrogens is 473 g/mol. The molecule has 0 radical (unpaired) electrons. The molecular formula is C10H21N2NaO15P2. The minimum absolute atomic E-state index is 0. The Hall–Kier alpha value is -0.940. The number of rotatable bonds is 13. The monoisotopic (exact) mass is 494 g/mol. The minimum atomic E-state index is -5.05. The van der Waals surface area contributed by atoms with Crippen LogP contribution in [0.3, 0.4) is 0 Å². The first-order valence-electron chi connectivity index (χ1n) is 7.05. The van der Waals surface area contributed by atoms with Crippen molar-refractivity contribution in [2.24, 2.45) is 0 Å². The normalized spacial score (nSPS) is 11.3. The van der Waals surface area contributed by atoms with Gasteiger partial charge in [0.15, 0.2) is 0 Å². The van der Waals surface area contributed by atoms with Gasteiger partial charge in [-0.2, -0.15) is 4.31 Å². The Morgan fingerprint density at radius 2 is 0.800 bits per heavy atom. The van der Waals surface area contributed by atoms with Gasteiger partial charge in [-0.1, -0.05) is 0 Å². The summed E-state index contributed by atoms with van der Waals surface area (Å²) < 4.78 is 22.2. The first-order chi connectivity index (χ1) is 12.9. The summed E-state index contributed by atoms with van der Waals surface area (Å²) in [5.41, 5.74) is 0. The Morgan fingerprint density at radius 1 is 0.600 bits per heavy atom. The van der Waals surface area contributed by atoms with Crippen molar-refractivity contribution in [3.05, 3.63) is 0 Å². The molecule has 0 aromatic rings. The fraction of sp³-hybridized carbons (Fsp3) is 0.600. The molecule has 0 aliphatic carbocycles. The van der Waals surface area contributed by atoms with Crippen LogP contribution < -0.4 is 0 Å². The molecule has 0 unspecified atom stereocenters. The zero-order valence-electron chi connectivity index (χ0n) is 14.5. The first kappa shape index (κ1) is 33.7. The summed E-state index contributed by atoms with van der Waals surface area (Å²) >= 11 is 0. The number of carboxylic acid groups (broad SMARTS) is 4. The van der Waals surface area contributed by atoms with E-state index in [1.807, 2.05) is 0 Å². The van der Waals surface area contributed by atoms with E-state index in [1.54, 1.807) is 0 Å². The van der Waals surface area contributed by atoms with Crippen LogP contribution in [0.25, 0.3) is 0 Å². The third-order valence-corrected chi connectivity index (χ3v) is 4.08. The van der Waals surface area contributed by atoms with Crippen molar-refractivity contribution in [2.45, 2.75) is 0 Å². The molecule has 0 aliphatic rings. The van der Waals surface area contributed by atoms with Gasteiger partial charge in [0.2, 0.25) is 0 Å². The molecule has 0 rings (SSSR count). The molecule has 30 heavy (non-hydrogen) atoms.